The van der Waals surface area contributed by atoms with Gasteiger partial charge in [0.1, 0.15) is 0 Å². The van der Waals surface area contributed by atoms with Crippen molar-refractivity contribution in [3.63, 3.8) is 0 Å². The van der Waals surface area contributed by atoms with Gasteiger partial charge in [-0.2, -0.15) is 5.10 Å². The molecular formula is C17H18N4O2. The molecule has 0 aliphatic rings. The molecule has 6 heteroatoms. The molecule has 0 fully saturated rings. The lowest BCUT2D eigenvalue weighted by atomic mass is 10.1. The fraction of sp³-hybridized carbons (Fsp3) is 0.235. The lowest BCUT2D eigenvalue weighted by Crippen LogP contribution is -2.27. The van der Waals surface area contributed by atoms with Crippen molar-refractivity contribution < 1.29 is 9.32 Å². The summed E-state index contributed by atoms with van der Waals surface area (Å²) in [5.41, 5.74) is 3.48. The van der Waals surface area contributed by atoms with E-state index in [1.54, 1.807) is 16.9 Å². The van der Waals surface area contributed by atoms with Crippen LogP contribution in [0.15, 0.2) is 47.2 Å². The van der Waals surface area contributed by atoms with Gasteiger partial charge in [0, 0.05) is 30.6 Å². The van der Waals surface area contributed by atoms with Crippen LogP contribution in [-0.2, 0) is 6.54 Å². The molecule has 3 rings (SSSR count). The Balaban J connectivity index is 1.65. The summed E-state index contributed by atoms with van der Waals surface area (Å²) in [6, 6.07) is 9.61. The first kappa shape index (κ1) is 15.0. The van der Waals surface area contributed by atoms with Crippen LogP contribution in [0.5, 0.6) is 0 Å². The third-order valence-electron chi connectivity index (χ3n) is 3.43. The molecule has 1 aromatic carbocycles. The van der Waals surface area contributed by atoms with Crippen molar-refractivity contribution in [3.8, 4) is 11.3 Å². The maximum Gasteiger partial charge on any atom is 0.273 e. The van der Waals surface area contributed by atoms with Crippen LogP contribution >= 0.6 is 0 Å². The maximum atomic E-state index is 12.1. The van der Waals surface area contributed by atoms with Crippen LogP contribution in [0.2, 0.25) is 0 Å². The van der Waals surface area contributed by atoms with Crippen molar-refractivity contribution in [1.82, 2.24) is 20.3 Å². The summed E-state index contributed by atoms with van der Waals surface area (Å²) >= 11 is 0. The van der Waals surface area contributed by atoms with Crippen LogP contribution in [0.3, 0.4) is 0 Å². The highest BCUT2D eigenvalue weighted by atomic mass is 16.5. The van der Waals surface area contributed by atoms with E-state index in [4.69, 9.17) is 4.52 Å². The Hall–Kier alpha value is -2.89. The number of aromatic nitrogens is 3. The number of amides is 1. The van der Waals surface area contributed by atoms with Gasteiger partial charge in [-0.25, -0.2) is 0 Å². The number of carbonyl (C=O) groups excluding carboxylic acids is 1. The number of nitrogens with one attached hydrogen (secondary N) is 1. The molecule has 0 saturated carbocycles. The Labute approximate surface area is 134 Å². The van der Waals surface area contributed by atoms with Gasteiger partial charge in [-0.15, -0.1) is 0 Å². The molecule has 6 nitrogen and oxygen atoms in total. The number of hydrogen-bond acceptors (Lipinski definition) is 4. The predicted octanol–water partition coefficient (Wildman–Crippen LogP) is 2.58. The highest BCUT2D eigenvalue weighted by Crippen LogP contribution is 2.23. The standard InChI is InChI=1S/C17H18N4O2/c1-12-8-13(2)10-14(9-12)16-11-15(20-23-16)17(22)18-5-7-21-6-3-4-19-21/h3-4,6,8-11H,5,7H2,1-2H3,(H,18,22). The van der Waals surface area contributed by atoms with Crippen LogP contribution in [0.1, 0.15) is 21.6 Å². The quantitative estimate of drug-likeness (QED) is 0.786. The van der Waals surface area contributed by atoms with E-state index >= 15 is 0 Å². The SMILES string of the molecule is Cc1cc(C)cc(-c2cc(C(=O)NCCn3cccn3)no2)c1. The van der Waals surface area contributed by atoms with E-state index in [-0.39, 0.29) is 11.6 Å². The number of nitrogens with zero attached hydrogens (tertiary/aromatic N) is 3. The molecular weight excluding hydrogens is 292 g/mol. The first-order valence-corrected chi connectivity index (χ1v) is 7.43. The summed E-state index contributed by atoms with van der Waals surface area (Å²) in [6.45, 7) is 5.14. The first-order valence-electron chi connectivity index (χ1n) is 7.43. The van der Waals surface area contributed by atoms with Crippen LogP contribution in [0.4, 0.5) is 0 Å². The van der Waals surface area contributed by atoms with Gasteiger partial charge in [-0.3, -0.25) is 9.48 Å². The third kappa shape index (κ3) is 3.66. The van der Waals surface area contributed by atoms with Crippen molar-refractivity contribution in [2.75, 3.05) is 6.54 Å². The second kappa shape index (κ2) is 6.48. The summed E-state index contributed by atoms with van der Waals surface area (Å²) in [5, 5.41) is 10.7. The normalized spacial score (nSPS) is 10.7. The van der Waals surface area contributed by atoms with Crippen molar-refractivity contribution >= 4 is 5.91 Å². The molecule has 0 unspecified atom stereocenters. The van der Waals surface area contributed by atoms with Crippen LogP contribution in [-0.4, -0.2) is 27.4 Å². The minimum Gasteiger partial charge on any atom is -0.355 e. The molecule has 0 bridgehead atoms. The molecule has 0 aliphatic carbocycles. The van der Waals surface area contributed by atoms with Gasteiger partial charge in [0.25, 0.3) is 5.91 Å². The molecule has 2 heterocycles. The van der Waals surface area contributed by atoms with Gasteiger partial charge < -0.3 is 9.84 Å². The third-order valence-corrected chi connectivity index (χ3v) is 3.43. The van der Waals surface area contributed by atoms with Gasteiger partial charge in [0.05, 0.1) is 6.54 Å². The van der Waals surface area contributed by atoms with E-state index in [2.05, 4.69) is 21.6 Å². The average Bonchev–Trinajstić information content (AvgIpc) is 3.18. The number of hydrogen-bond donors (Lipinski definition) is 1. The molecule has 23 heavy (non-hydrogen) atoms. The Morgan fingerprint density at radius 1 is 1.22 bits per heavy atom. The second-order valence-corrected chi connectivity index (χ2v) is 5.48. The van der Waals surface area contributed by atoms with Crippen molar-refractivity contribution in [3.05, 3.63) is 59.5 Å². The molecule has 3 aromatic rings. The summed E-state index contributed by atoms with van der Waals surface area (Å²) in [5.74, 6) is 0.338. The Morgan fingerprint density at radius 3 is 2.70 bits per heavy atom. The predicted molar refractivity (Wildman–Crippen MR) is 86.0 cm³/mol. The fourth-order valence-corrected chi connectivity index (χ4v) is 2.44. The molecule has 0 saturated heterocycles. The Morgan fingerprint density at radius 2 is 2.00 bits per heavy atom. The smallest absolute Gasteiger partial charge is 0.273 e. The minimum atomic E-state index is -0.253. The largest absolute Gasteiger partial charge is 0.355 e. The minimum absolute atomic E-state index is 0.253. The van der Waals surface area contributed by atoms with Crippen LogP contribution in [0.25, 0.3) is 11.3 Å². The maximum absolute atomic E-state index is 12.1. The lowest BCUT2D eigenvalue weighted by Gasteiger charge is -2.02. The average molecular weight is 310 g/mol. The zero-order valence-electron chi connectivity index (χ0n) is 13.1. The van der Waals surface area contributed by atoms with E-state index in [1.165, 1.54) is 0 Å². The molecule has 0 aliphatic heterocycles. The molecule has 0 radical (unpaired) electrons. The molecule has 0 spiro atoms. The molecule has 1 amide bonds. The van der Waals surface area contributed by atoms with Crippen molar-refractivity contribution in [2.45, 2.75) is 20.4 Å². The first-order chi connectivity index (χ1) is 11.1. The van der Waals surface area contributed by atoms with E-state index in [0.717, 1.165) is 16.7 Å². The second-order valence-electron chi connectivity index (χ2n) is 5.48. The molecule has 0 atom stereocenters. The molecule has 118 valence electrons. The van der Waals surface area contributed by atoms with Crippen molar-refractivity contribution in [2.24, 2.45) is 0 Å². The van der Waals surface area contributed by atoms with E-state index < -0.39 is 0 Å². The van der Waals surface area contributed by atoms with Crippen LogP contribution in [0, 0.1) is 13.8 Å². The lowest BCUT2D eigenvalue weighted by molar-refractivity contribution is 0.0943. The topological polar surface area (TPSA) is 73.0 Å². The van der Waals surface area contributed by atoms with Gasteiger partial charge >= 0.3 is 0 Å². The van der Waals surface area contributed by atoms with Gasteiger partial charge in [-0.05, 0) is 32.0 Å². The number of carbonyl (C=O) groups is 1. The monoisotopic (exact) mass is 310 g/mol. The van der Waals surface area contributed by atoms with Gasteiger partial charge in [0.2, 0.25) is 0 Å². The number of rotatable bonds is 5. The molecule has 2 aromatic heterocycles. The van der Waals surface area contributed by atoms with Crippen LogP contribution < -0.4 is 5.32 Å². The zero-order chi connectivity index (χ0) is 16.2. The summed E-state index contributed by atoms with van der Waals surface area (Å²) in [7, 11) is 0. The highest BCUT2D eigenvalue weighted by molar-refractivity contribution is 5.93. The van der Waals surface area contributed by atoms with E-state index in [1.807, 2.05) is 38.2 Å². The summed E-state index contributed by atoms with van der Waals surface area (Å²) < 4.78 is 7.06. The summed E-state index contributed by atoms with van der Waals surface area (Å²) in [6.07, 6.45) is 3.55. The zero-order valence-corrected chi connectivity index (χ0v) is 13.1. The van der Waals surface area contributed by atoms with E-state index in [9.17, 15) is 4.79 Å². The highest BCUT2D eigenvalue weighted by Gasteiger charge is 2.13. The number of aryl methyl sites for hydroxylation is 2. The summed E-state index contributed by atoms with van der Waals surface area (Å²) in [4.78, 5) is 12.1. The fourth-order valence-electron chi connectivity index (χ4n) is 2.44. The number of benzene rings is 1. The Kier molecular flexibility index (Phi) is 4.23. The van der Waals surface area contributed by atoms with Crippen molar-refractivity contribution in [1.29, 1.82) is 0 Å². The van der Waals surface area contributed by atoms with Gasteiger partial charge in [-0.1, -0.05) is 22.3 Å². The van der Waals surface area contributed by atoms with E-state index in [0.29, 0.717) is 18.8 Å². The van der Waals surface area contributed by atoms with Gasteiger partial charge in [0.15, 0.2) is 11.5 Å². The molecule has 1 N–H and O–H groups in total. The Bertz CT molecular complexity index is 786.